The highest BCUT2D eigenvalue weighted by Gasteiger charge is 2.38. The number of rotatable bonds is 11. The molecule has 0 aliphatic rings. The van der Waals surface area contributed by atoms with Crippen LogP contribution >= 0.6 is 0 Å². The van der Waals surface area contributed by atoms with Crippen molar-refractivity contribution >= 4 is 8.80 Å². The first-order chi connectivity index (χ1) is 8.10. The van der Waals surface area contributed by atoms with E-state index in [1.807, 2.05) is 0 Å². The van der Waals surface area contributed by atoms with Gasteiger partial charge in [-0.1, -0.05) is 33.1 Å². The van der Waals surface area contributed by atoms with Crippen LogP contribution in [0.2, 0.25) is 0 Å². The predicted octanol–water partition coefficient (Wildman–Crippen LogP) is 2.64. The Morgan fingerprint density at radius 1 is 0.882 bits per heavy atom. The summed E-state index contributed by atoms with van der Waals surface area (Å²) in [5, 5.41) is 0. The van der Waals surface area contributed by atoms with Gasteiger partial charge in [0.05, 0.1) is 0 Å². The third-order valence-electron chi connectivity index (χ3n) is 2.78. The maximum Gasteiger partial charge on any atom is 0.527 e. The smallest absolute Gasteiger partial charge is 0.377 e. The minimum atomic E-state index is -2.53. The topological polar surface area (TPSA) is 36.9 Å². The van der Waals surface area contributed by atoms with Crippen molar-refractivity contribution in [1.29, 1.82) is 0 Å². The molecule has 0 bridgehead atoms. The molecule has 0 rings (SSSR count). The van der Waals surface area contributed by atoms with Gasteiger partial charge in [-0.15, -0.1) is 0 Å². The standard InChI is InChI=1S/C12H28O4Si/c1-12(2)9-7-6-8-10-16-11-17(13-3,14-4)15-5/h12H,6-11H2,1-5H3. The van der Waals surface area contributed by atoms with Crippen molar-refractivity contribution in [3.8, 4) is 0 Å². The predicted molar refractivity (Wildman–Crippen MR) is 70.9 cm³/mol. The van der Waals surface area contributed by atoms with Crippen LogP contribution in [0.25, 0.3) is 0 Å². The highest BCUT2D eigenvalue weighted by Crippen LogP contribution is 2.09. The molecule has 104 valence electrons. The summed E-state index contributed by atoms with van der Waals surface area (Å²) in [4.78, 5) is 0. The van der Waals surface area contributed by atoms with E-state index in [1.54, 1.807) is 21.3 Å². The van der Waals surface area contributed by atoms with Crippen LogP contribution in [-0.4, -0.2) is 43.0 Å². The molecular formula is C12H28O4Si. The first-order valence-corrected chi connectivity index (χ1v) is 8.26. The highest BCUT2D eigenvalue weighted by atomic mass is 28.4. The summed E-state index contributed by atoms with van der Waals surface area (Å²) in [7, 11) is 2.28. The van der Waals surface area contributed by atoms with E-state index in [0.29, 0.717) is 6.23 Å². The number of ether oxygens (including phenoxy) is 1. The normalized spacial score (nSPS) is 12.4. The van der Waals surface area contributed by atoms with E-state index in [-0.39, 0.29) is 0 Å². The second-order valence-electron chi connectivity index (χ2n) is 4.59. The Morgan fingerprint density at radius 2 is 1.47 bits per heavy atom. The zero-order valence-electron chi connectivity index (χ0n) is 12.0. The van der Waals surface area contributed by atoms with Crippen LogP contribution in [-0.2, 0) is 18.0 Å². The van der Waals surface area contributed by atoms with Gasteiger partial charge in [0.1, 0.15) is 6.23 Å². The molecule has 5 heteroatoms. The number of hydrogen-bond donors (Lipinski definition) is 0. The number of hydrogen-bond acceptors (Lipinski definition) is 4. The van der Waals surface area contributed by atoms with E-state index in [2.05, 4.69) is 13.8 Å². The monoisotopic (exact) mass is 264 g/mol. The Hall–Kier alpha value is 0.0569. The molecule has 0 radical (unpaired) electrons. The van der Waals surface area contributed by atoms with Crippen molar-refractivity contribution in [3.63, 3.8) is 0 Å². The lowest BCUT2D eigenvalue weighted by Gasteiger charge is -2.23. The summed E-state index contributed by atoms with van der Waals surface area (Å²) in [5.74, 6) is 0.798. The summed E-state index contributed by atoms with van der Waals surface area (Å²) in [6, 6.07) is 0. The van der Waals surface area contributed by atoms with Crippen LogP contribution in [0.3, 0.4) is 0 Å². The average Bonchev–Trinajstić information content (AvgIpc) is 2.33. The van der Waals surface area contributed by atoms with E-state index < -0.39 is 8.80 Å². The average molecular weight is 264 g/mol. The molecule has 0 fully saturated rings. The first-order valence-electron chi connectivity index (χ1n) is 6.33. The molecule has 0 aromatic heterocycles. The van der Waals surface area contributed by atoms with Gasteiger partial charge in [-0.2, -0.15) is 0 Å². The molecular weight excluding hydrogens is 236 g/mol. The van der Waals surface area contributed by atoms with Crippen LogP contribution in [0.15, 0.2) is 0 Å². The van der Waals surface area contributed by atoms with E-state index in [4.69, 9.17) is 18.0 Å². The molecule has 0 amide bonds. The van der Waals surface area contributed by atoms with Gasteiger partial charge in [0.15, 0.2) is 0 Å². The van der Waals surface area contributed by atoms with Crippen molar-refractivity contribution in [3.05, 3.63) is 0 Å². The van der Waals surface area contributed by atoms with Gasteiger partial charge in [0.25, 0.3) is 0 Å². The molecule has 0 unspecified atom stereocenters. The summed E-state index contributed by atoms with van der Waals surface area (Å²) >= 11 is 0. The Morgan fingerprint density at radius 3 is 1.94 bits per heavy atom. The van der Waals surface area contributed by atoms with Crippen molar-refractivity contribution in [2.45, 2.75) is 39.5 Å². The minimum Gasteiger partial charge on any atom is -0.377 e. The minimum absolute atomic E-state index is 0.431. The first kappa shape index (κ1) is 17.1. The molecule has 0 saturated heterocycles. The van der Waals surface area contributed by atoms with Crippen LogP contribution in [0.5, 0.6) is 0 Å². The molecule has 4 nitrogen and oxygen atoms in total. The summed E-state index contributed by atoms with van der Waals surface area (Å²) in [6.45, 7) is 5.27. The fraction of sp³-hybridized carbons (Fsp3) is 1.00. The Bertz CT molecular complexity index is 164. The number of unbranched alkanes of at least 4 members (excludes halogenated alkanes) is 2. The van der Waals surface area contributed by atoms with E-state index in [1.165, 1.54) is 19.3 Å². The fourth-order valence-electron chi connectivity index (χ4n) is 1.56. The molecule has 0 aliphatic carbocycles. The molecule has 0 atom stereocenters. The highest BCUT2D eigenvalue weighted by molar-refractivity contribution is 6.60. The van der Waals surface area contributed by atoms with Gasteiger partial charge in [-0.3, -0.25) is 0 Å². The molecule has 0 aromatic carbocycles. The Balaban J connectivity index is 3.49. The molecule has 0 saturated carbocycles. The molecule has 0 aliphatic heterocycles. The van der Waals surface area contributed by atoms with Crippen molar-refractivity contribution < 1.29 is 18.0 Å². The summed E-state index contributed by atoms with van der Waals surface area (Å²) in [5.41, 5.74) is 0. The van der Waals surface area contributed by atoms with Gasteiger partial charge < -0.3 is 18.0 Å². The van der Waals surface area contributed by atoms with Gasteiger partial charge in [0, 0.05) is 27.9 Å². The van der Waals surface area contributed by atoms with Crippen molar-refractivity contribution in [2.75, 3.05) is 34.2 Å². The maximum absolute atomic E-state index is 5.57. The third kappa shape index (κ3) is 7.89. The van der Waals surface area contributed by atoms with E-state index in [0.717, 1.165) is 18.9 Å². The fourth-order valence-corrected chi connectivity index (χ4v) is 2.81. The maximum atomic E-state index is 5.57. The lowest BCUT2D eigenvalue weighted by molar-refractivity contribution is 0.0622. The van der Waals surface area contributed by atoms with E-state index in [9.17, 15) is 0 Å². The van der Waals surface area contributed by atoms with Gasteiger partial charge in [-0.25, -0.2) is 0 Å². The SMILES string of the molecule is CO[Si](COCCCCCC(C)C)(OC)OC. The molecule has 0 heterocycles. The van der Waals surface area contributed by atoms with Crippen LogP contribution < -0.4 is 0 Å². The Kier molecular flexibility index (Phi) is 10.1. The van der Waals surface area contributed by atoms with Gasteiger partial charge >= 0.3 is 8.80 Å². The summed E-state index contributed by atoms with van der Waals surface area (Å²) in [6.07, 6.45) is 5.32. The Labute approximate surface area is 107 Å². The lowest BCUT2D eigenvalue weighted by Crippen LogP contribution is -2.48. The van der Waals surface area contributed by atoms with Gasteiger partial charge in [0.2, 0.25) is 0 Å². The molecule has 0 N–H and O–H groups in total. The quantitative estimate of drug-likeness (QED) is 0.425. The largest absolute Gasteiger partial charge is 0.527 e. The second-order valence-corrected chi connectivity index (χ2v) is 7.47. The zero-order valence-corrected chi connectivity index (χ0v) is 13.0. The third-order valence-corrected chi connectivity index (χ3v) is 5.21. The molecule has 0 aromatic rings. The molecule has 0 spiro atoms. The molecule has 17 heavy (non-hydrogen) atoms. The second kappa shape index (κ2) is 10.0. The zero-order chi connectivity index (χ0) is 13.1. The van der Waals surface area contributed by atoms with Crippen molar-refractivity contribution in [2.24, 2.45) is 5.92 Å². The van der Waals surface area contributed by atoms with Gasteiger partial charge in [-0.05, 0) is 12.3 Å². The van der Waals surface area contributed by atoms with Crippen LogP contribution in [0.4, 0.5) is 0 Å². The van der Waals surface area contributed by atoms with Crippen molar-refractivity contribution in [1.82, 2.24) is 0 Å². The van der Waals surface area contributed by atoms with Crippen LogP contribution in [0.1, 0.15) is 39.5 Å². The summed E-state index contributed by atoms with van der Waals surface area (Å²) < 4.78 is 21.4. The lowest BCUT2D eigenvalue weighted by atomic mass is 10.1. The van der Waals surface area contributed by atoms with Crippen LogP contribution in [0, 0.1) is 5.92 Å². The van der Waals surface area contributed by atoms with E-state index >= 15 is 0 Å².